The molecule has 1 aromatic carbocycles. The number of terminal acetylenes is 1. The molecule has 0 bridgehead atoms. The second kappa shape index (κ2) is 6.99. The van der Waals surface area contributed by atoms with Gasteiger partial charge in [-0.2, -0.15) is 0 Å². The van der Waals surface area contributed by atoms with Gasteiger partial charge in [0.15, 0.2) is 0 Å². The average molecular weight is 303 g/mol. The summed E-state index contributed by atoms with van der Waals surface area (Å²) in [6.07, 6.45) is 5.00. The van der Waals surface area contributed by atoms with Crippen molar-refractivity contribution in [3.63, 3.8) is 0 Å². The highest BCUT2D eigenvalue weighted by atomic mass is 16.6. The van der Waals surface area contributed by atoms with Gasteiger partial charge in [0, 0.05) is 19.2 Å². The van der Waals surface area contributed by atoms with Gasteiger partial charge >= 0.3 is 12.1 Å². The Morgan fingerprint density at radius 1 is 1.32 bits per heavy atom. The zero-order valence-electron chi connectivity index (χ0n) is 13.6. The van der Waals surface area contributed by atoms with Gasteiger partial charge in [-0.1, -0.05) is 12.0 Å². The minimum absolute atomic E-state index is 0.324. The first-order chi connectivity index (χ1) is 10.2. The van der Waals surface area contributed by atoms with Gasteiger partial charge in [-0.05, 0) is 38.5 Å². The lowest BCUT2D eigenvalue weighted by Gasteiger charge is -2.24. The summed E-state index contributed by atoms with van der Waals surface area (Å²) in [5.74, 6) is 1.97. The van der Waals surface area contributed by atoms with Crippen molar-refractivity contribution >= 4 is 12.1 Å². The van der Waals surface area contributed by atoms with E-state index >= 15 is 0 Å². The smallest absolute Gasteiger partial charge is 0.410 e. The summed E-state index contributed by atoms with van der Waals surface area (Å²) < 4.78 is 9.95. The van der Waals surface area contributed by atoms with E-state index in [-0.39, 0.29) is 0 Å². The molecular formula is C17H21NO4. The Morgan fingerprint density at radius 3 is 2.45 bits per heavy atom. The largest absolute Gasteiger partial charge is 0.465 e. The molecule has 22 heavy (non-hydrogen) atoms. The highest BCUT2D eigenvalue weighted by molar-refractivity contribution is 5.92. The molecule has 0 saturated heterocycles. The molecule has 0 heterocycles. The number of hydrogen-bond donors (Lipinski definition) is 0. The number of benzene rings is 1. The van der Waals surface area contributed by atoms with Gasteiger partial charge in [0.2, 0.25) is 0 Å². The second-order valence-corrected chi connectivity index (χ2v) is 5.85. The number of carbonyl (C=O) groups excluding carboxylic acids is 2. The van der Waals surface area contributed by atoms with Crippen molar-refractivity contribution in [3.05, 3.63) is 34.9 Å². The lowest BCUT2D eigenvalue weighted by molar-refractivity contribution is 0.0284. The van der Waals surface area contributed by atoms with Gasteiger partial charge in [-0.15, -0.1) is 6.42 Å². The van der Waals surface area contributed by atoms with Gasteiger partial charge in [0.05, 0.1) is 12.7 Å². The number of ether oxygens (including phenoxy) is 2. The molecule has 0 atom stereocenters. The Kier molecular flexibility index (Phi) is 5.58. The molecule has 5 nitrogen and oxygen atoms in total. The SMILES string of the molecule is C#Cc1cc(CN(C)C(=O)OC(C)(C)C)ccc1C(=O)OC. The molecule has 5 heteroatoms. The fraction of sp³-hybridized carbons (Fsp3) is 0.412. The van der Waals surface area contributed by atoms with Crippen LogP contribution in [0.5, 0.6) is 0 Å². The van der Waals surface area contributed by atoms with Gasteiger partial charge in [-0.3, -0.25) is 0 Å². The van der Waals surface area contributed by atoms with Crippen molar-refractivity contribution < 1.29 is 19.1 Å². The van der Waals surface area contributed by atoms with Gasteiger partial charge in [-0.25, -0.2) is 9.59 Å². The van der Waals surface area contributed by atoms with Crippen LogP contribution in [-0.2, 0) is 16.0 Å². The van der Waals surface area contributed by atoms with Crippen molar-refractivity contribution in [2.45, 2.75) is 32.9 Å². The third-order valence-corrected chi connectivity index (χ3v) is 2.77. The molecule has 118 valence electrons. The van der Waals surface area contributed by atoms with Crippen LogP contribution in [0.2, 0.25) is 0 Å². The maximum Gasteiger partial charge on any atom is 0.410 e. The normalized spacial score (nSPS) is 10.5. The molecule has 0 aliphatic carbocycles. The molecule has 0 spiro atoms. The minimum Gasteiger partial charge on any atom is -0.465 e. The Hall–Kier alpha value is -2.48. The molecule has 0 unspecified atom stereocenters. The first kappa shape index (κ1) is 17.6. The van der Waals surface area contributed by atoms with E-state index in [4.69, 9.17) is 11.2 Å². The van der Waals surface area contributed by atoms with Crippen molar-refractivity contribution in [3.8, 4) is 12.3 Å². The summed E-state index contributed by atoms with van der Waals surface area (Å²) in [5, 5.41) is 0. The van der Waals surface area contributed by atoms with Crippen molar-refractivity contribution in [1.29, 1.82) is 0 Å². The van der Waals surface area contributed by atoms with Crippen LogP contribution >= 0.6 is 0 Å². The monoisotopic (exact) mass is 303 g/mol. The van der Waals surface area contributed by atoms with E-state index in [0.29, 0.717) is 17.7 Å². The highest BCUT2D eigenvalue weighted by Crippen LogP contribution is 2.15. The van der Waals surface area contributed by atoms with Gasteiger partial charge in [0.25, 0.3) is 0 Å². The summed E-state index contributed by atoms with van der Waals surface area (Å²) in [7, 11) is 2.94. The lowest BCUT2D eigenvalue weighted by Crippen LogP contribution is -2.33. The fourth-order valence-corrected chi connectivity index (χ4v) is 1.78. The first-order valence-electron chi connectivity index (χ1n) is 6.80. The van der Waals surface area contributed by atoms with E-state index in [1.807, 2.05) is 0 Å². The molecule has 0 aromatic heterocycles. The van der Waals surface area contributed by atoms with Crippen LogP contribution in [0, 0.1) is 12.3 Å². The number of carbonyl (C=O) groups is 2. The zero-order valence-corrected chi connectivity index (χ0v) is 13.6. The van der Waals surface area contributed by atoms with E-state index < -0.39 is 17.7 Å². The minimum atomic E-state index is -0.552. The number of rotatable bonds is 3. The summed E-state index contributed by atoms with van der Waals surface area (Å²) in [6, 6.07) is 5.01. The second-order valence-electron chi connectivity index (χ2n) is 5.85. The summed E-state index contributed by atoms with van der Waals surface area (Å²) in [6.45, 7) is 5.74. The molecule has 0 saturated carbocycles. The van der Waals surface area contributed by atoms with Crippen LogP contribution < -0.4 is 0 Å². The number of methoxy groups -OCH3 is 1. The van der Waals surface area contributed by atoms with Crippen LogP contribution in [0.3, 0.4) is 0 Å². The molecule has 0 N–H and O–H groups in total. The van der Waals surface area contributed by atoms with Crippen molar-refractivity contribution in [2.75, 3.05) is 14.2 Å². The quantitative estimate of drug-likeness (QED) is 0.636. The Labute approximate surface area is 131 Å². The van der Waals surface area contributed by atoms with Crippen LogP contribution in [0.15, 0.2) is 18.2 Å². The van der Waals surface area contributed by atoms with E-state index in [2.05, 4.69) is 10.7 Å². The molecule has 1 rings (SSSR count). The van der Waals surface area contributed by atoms with E-state index in [0.717, 1.165) is 5.56 Å². The average Bonchev–Trinajstić information content (AvgIpc) is 2.44. The first-order valence-corrected chi connectivity index (χ1v) is 6.80. The molecule has 0 radical (unpaired) electrons. The maximum absolute atomic E-state index is 11.9. The summed E-state index contributed by atoms with van der Waals surface area (Å²) in [5.41, 5.74) is 1.01. The van der Waals surface area contributed by atoms with Gasteiger partial charge < -0.3 is 14.4 Å². The van der Waals surface area contributed by atoms with E-state index in [9.17, 15) is 9.59 Å². The predicted molar refractivity (Wildman–Crippen MR) is 83.4 cm³/mol. The summed E-state index contributed by atoms with van der Waals surface area (Å²) >= 11 is 0. The third-order valence-electron chi connectivity index (χ3n) is 2.77. The van der Waals surface area contributed by atoms with E-state index in [1.165, 1.54) is 12.0 Å². The molecule has 0 aliphatic rings. The van der Waals surface area contributed by atoms with Crippen molar-refractivity contribution in [2.24, 2.45) is 0 Å². The molecular weight excluding hydrogens is 282 g/mol. The standard InChI is InChI=1S/C17H21NO4/c1-7-13-10-12(8-9-14(13)15(19)21-6)11-18(5)16(20)22-17(2,3)4/h1,8-10H,11H2,2-6H3. The number of amides is 1. The third kappa shape index (κ3) is 4.81. The molecule has 1 aromatic rings. The lowest BCUT2D eigenvalue weighted by atomic mass is 10.0. The molecule has 1 amide bonds. The predicted octanol–water partition coefficient (Wildman–Crippen LogP) is 2.82. The number of esters is 1. The zero-order chi connectivity index (χ0) is 16.9. The summed E-state index contributed by atoms with van der Waals surface area (Å²) in [4.78, 5) is 25.0. The fourth-order valence-electron chi connectivity index (χ4n) is 1.78. The Bertz CT molecular complexity index is 608. The van der Waals surface area contributed by atoms with Crippen LogP contribution in [-0.4, -0.2) is 36.7 Å². The maximum atomic E-state index is 11.9. The Morgan fingerprint density at radius 2 is 1.95 bits per heavy atom. The Balaban J connectivity index is 2.89. The topological polar surface area (TPSA) is 55.8 Å². The van der Waals surface area contributed by atoms with E-state index in [1.54, 1.807) is 46.0 Å². The van der Waals surface area contributed by atoms with Crippen LogP contribution in [0.1, 0.15) is 42.3 Å². The van der Waals surface area contributed by atoms with Gasteiger partial charge in [0.1, 0.15) is 5.60 Å². The van der Waals surface area contributed by atoms with Crippen LogP contribution in [0.25, 0.3) is 0 Å². The number of hydrogen-bond acceptors (Lipinski definition) is 4. The van der Waals surface area contributed by atoms with Crippen LogP contribution in [0.4, 0.5) is 4.79 Å². The molecule has 0 aliphatic heterocycles. The molecule has 0 fully saturated rings. The number of nitrogens with zero attached hydrogens (tertiary/aromatic N) is 1. The van der Waals surface area contributed by atoms with Crippen molar-refractivity contribution in [1.82, 2.24) is 4.90 Å². The highest BCUT2D eigenvalue weighted by Gasteiger charge is 2.20.